The van der Waals surface area contributed by atoms with Gasteiger partial charge < -0.3 is 15.1 Å². The summed E-state index contributed by atoms with van der Waals surface area (Å²) in [5, 5.41) is 3.80. The zero-order chi connectivity index (χ0) is 15.6. The van der Waals surface area contributed by atoms with Crippen molar-refractivity contribution in [2.24, 2.45) is 0 Å². The molecule has 0 aliphatic rings. The van der Waals surface area contributed by atoms with E-state index in [2.05, 4.69) is 10.3 Å². The van der Waals surface area contributed by atoms with Gasteiger partial charge in [0.1, 0.15) is 0 Å². The van der Waals surface area contributed by atoms with Crippen LogP contribution < -0.4 is 5.32 Å². The number of nitrogens with zero attached hydrogens (tertiary/aromatic N) is 1. The van der Waals surface area contributed by atoms with Crippen LogP contribution in [0.15, 0.2) is 66.7 Å². The summed E-state index contributed by atoms with van der Waals surface area (Å²) in [4.78, 5) is 23.7. The Labute approximate surface area is 127 Å². The second-order valence-corrected chi connectivity index (χ2v) is 6.63. The van der Waals surface area contributed by atoms with Crippen LogP contribution in [0.5, 0.6) is 0 Å². The molecule has 3 aromatic rings. The van der Waals surface area contributed by atoms with E-state index >= 15 is 0 Å². The second-order valence-electron chi connectivity index (χ2n) is 4.93. The Balaban J connectivity index is 2.02. The van der Waals surface area contributed by atoms with Gasteiger partial charge in [0.15, 0.2) is 5.78 Å². The Morgan fingerprint density at radius 1 is 0.909 bits per heavy atom. The number of hydrogen-bond acceptors (Lipinski definition) is 3. The molecular formula is C16H15N2O3P. The third-order valence-corrected chi connectivity index (χ3v) is 4.38. The highest BCUT2D eigenvalue weighted by molar-refractivity contribution is 7.52. The standard InChI is InChI=1S/C16H15N2O3P/c19-22(20,21)16(17-13-7-2-1-3-8-13)15-11-10-12-6-4-5-9-14(12)18-15/h1-11,16-17H,(H2,19,20,21). The van der Waals surface area contributed by atoms with Gasteiger partial charge in [0.2, 0.25) is 0 Å². The van der Waals surface area contributed by atoms with Gasteiger partial charge in [-0.15, -0.1) is 0 Å². The monoisotopic (exact) mass is 314 g/mol. The topological polar surface area (TPSA) is 82.5 Å². The van der Waals surface area contributed by atoms with Gasteiger partial charge >= 0.3 is 7.60 Å². The molecule has 1 atom stereocenters. The maximum atomic E-state index is 11.9. The van der Waals surface area contributed by atoms with Crippen molar-refractivity contribution in [3.05, 3.63) is 72.4 Å². The van der Waals surface area contributed by atoms with Crippen molar-refractivity contribution in [2.45, 2.75) is 5.78 Å². The summed E-state index contributed by atoms with van der Waals surface area (Å²) in [5.74, 6) is -1.18. The number of anilines is 1. The Morgan fingerprint density at radius 3 is 2.32 bits per heavy atom. The van der Waals surface area contributed by atoms with E-state index in [0.717, 1.165) is 5.39 Å². The van der Waals surface area contributed by atoms with Gasteiger partial charge in [0.25, 0.3) is 0 Å². The van der Waals surface area contributed by atoms with E-state index in [1.807, 2.05) is 36.4 Å². The largest absolute Gasteiger partial charge is 0.367 e. The number of pyridine rings is 1. The highest BCUT2D eigenvalue weighted by Gasteiger charge is 2.31. The summed E-state index contributed by atoms with van der Waals surface area (Å²) in [6.45, 7) is 0. The lowest BCUT2D eigenvalue weighted by Gasteiger charge is -2.21. The molecule has 6 heteroatoms. The van der Waals surface area contributed by atoms with Crippen LogP contribution in [0.2, 0.25) is 0 Å². The molecule has 0 saturated carbocycles. The van der Waals surface area contributed by atoms with Crippen molar-refractivity contribution < 1.29 is 14.4 Å². The number of para-hydroxylation sites is 2. The van der Waals surface area contributed by atoms with Gasteiger partial charge in [-0.3, -0.25) is 4.57 Å². The van der Waals surface area contributed by atoms with Crippen molar-refractivity contribution in [3.8, 4) is 0 Å². The molecule has 0 radical (unpaired) electrons. The Kier molecular flexibility index (Phi) is 3.94. The van der Waals surface area contributed by atoms with E-state index < -0.39 is 13.4 Å². The zero-order valence-corrected chi connectivity index (χ0v) is 12.5. The number of benzene rings is 2. The van der Waals surface area contributed by atoms with Crippen LogP contribution >= 0.6 is 7.60 Å². The third-order valence-electron chi connectivity index (χ3n) is 3.31. The van der Waals surface area contributed by atoms with Crippen LogP contribution in [0.4, 0.5) is 5.69 Å². The molecule has 0 bridgehead atoms. The average Bonchev–Trinajstić information content (AvgIpc) is 2.52. The molecule has 0 amide bonds. The minimum absolute atomic E-state index is 0.316. The first-order valence-corrected chi connectivity index (χ1v) is 8.45. The van der Waals surface area contributed by atoms with E-state index in [1.165, 1.54) is 0 Å². The Morgan fingerprint density at radius 2 is 1.59 bits per heavy atom. The lowest BCUT2D eigenvalue weighted by Crippen LogP contribution is -2.12. The molecule has 3 N–H and O–H groups in total. The summed E-state index contributed by atoms with van der Waals surface area (Å²) in [6.07, 6.45) is 0. The molecule has 1 heterocycles. The molecule has 3 rings (SSSR count). The highest BCUT2D eigenvalue weighted by atomic mass is 31.2. The molecule has 1 unspecified atom stereocenters. The summed E-state index contributed by atoms with van der Waals surface area (Å²) < 4.78 is 11.9. The first-order chi connectivity index (χ1) is 10.5. The predicted octanol–water partition coefficient (Wildman–Crippen LogP) is 3.52. The molecule has 0 aliphatic heterocycles. The molecule has 112 valence electrons. The predicted molar refractivity (Wildman–Crippen MR) is 86.6 cm³/mol. The zero-order valence-electron chi connectivity index (χ0n) is 11.6. The van der Waals surface area contributed by atoms with Gasteiger partial charge in [0.05, 0.1) is 11.2 Å². The normalized spacial score (nSPS) is 13.0. The quantitative estimate of drug-likeness (QED) is 0.642. The van der Waals surface area contributed by atoms with Gasteiger partial charge in [-0.2, -0.15) is 0 Å². The van der Waals surface area contributed by atoms with Crippen molar-refractivity contribution in [2.75, 3.05) is 5.32 Å². The Hall–Kier alpha value is -2.20. The molecule has 0 spiro atoms. The van der Waals surface area contributed by atoms with E-state index in [9.17, 15) is 14.4 Å². The second kappa shape index (κ2) is 5.89. The van der Waals surface area contributed by atoms with Crippen molar-refractivity contribution in [1.82, 2.24) is 4.98 Å². The molecule has 2 aromatic carbocycles. The summed E-state index contributed by atoms with van der Waals surface area (Å²) in [5.41, 5.74) is 1.65. The summed E-state index contributed by atoms with van der Waals surface area (Å²) in [7, 11) is -4.41. The fourth-order valence-corrected chi connectivity index (χ4v) is 3.06. The lowest BCUT2D eigenvalue weighted by atomic mass is 10.2. The fourth-order valence-electron chi connectivity index (χ4n) is 2.26. The molecule has 0 aliphatic carbocycles. The van der Waals surface area contributed by atoms with Crippen molar-refractivity contribution in [3.63, 3.8) is 0 Å². The SMILES string of the molecule is O=P(O)(O)C(Nc1ccccc1)c1ccc2ccccc2n1. The lowest BCUT2D eigenvalue weighted by molar-refractivity contribution is 0.362. The maximum absolute atomic E-state index is 11.9. The maximum Gasteiger partial charge on any atom is 0.353 e. The van der Waals surface area contributed by atoms with E-state index in [0.29, 0.717) is 16.9 Å². The van der Waals surface area contributed by atoms with Crippen LogP contribution in [-0.2, 0) is 4.57 Å². The minimum Gasteiger partial charge on any atom is -0.367 e. The van der Waals surface area contributed by atoms with Crippen LogP contribution in [-0.4, -0.2) is 14.8 Å². The van der Waals surface area contributed by atoms with Gasteiger partial charge in [0, 0.05) is 11.1 Å². The van der Waals surface area contributed by atoms with E-state index in [1.54, 1.807) is 30.3 Å². The first kappa shape index (κ1) is 14.7. The van der Waals surface area contributed by atoms with Crippen molar-refractivity contribution in [1.29, 1.82) is 0 Å². The Bertz CT molecular complexity index is 833. The number of aromatic nitrogens is 1. The molecule has 5 nitrogen and oxygen atoms in total. The van der Waals surface area contributed by atoms with Crippen molar-refractivity contribution >= 4 is 24.2 Å². The van der Waals surface area contributed by atoms with Gasteiger partial charge in [-0.25, -0.2) is 4.98 Å². The smallest absolute Gasteiger partial charge is 0.353 e. The van der Waals surface area contributed by atoms with E-state index in [-0.39, 0.29) is 0 Å². The molecule has 22 heavy (non-hydrogen) atoms. The number of fused-ring (bicyclic) bond motifs is 1. The van der Waals surface area contributed by atoms with Crippen LogP contribution in [0, 0.1) is 0 Å². The van der Waals surface area contributed by atoms with Gasteiger partial charge in [-0.05, 0) is 24.3 Å². The molecular weight excluding hydrogens is 299 g/mol. The van der Waals surface area contributed by atoms with Gasteiger partial charge in [-0.1, -0.05) is 42.5 Å². The average molecular weight is 314 g/mol. The minimum atomic E-state index is -4.41. The van der Waals surface area contributed by atoms with Crippen LogP contribution in [0.25, 0.3) is 10.9 Å². The summed E-state index contributed by atoms with van der Waals surface area (Å²) >= 11 is 0. The number of nitrogens with one attached hydrogen (secondary N) is 1. The number of rotatable bonds is 4. The third kappa shape index (κ3) is 3.17. The summed E-state index contributed by atoms with van der Waals surface area (Å²) in [6, 6.07) is 19.9. The highest BCUT2D eigenvalue weighted by Crippen LogP contribution is 2.51. The molecule has 0 saturated heterocycles. The van der Waals surface area contributed by atoms with Crippen LogP contribution in [0.3, 0.4) is 0 Å². The van der Waals surface area contributed by atoms with E-state index in [4.69, 9.17) is 0 Å². The molecule has 0 fully saturated rings. The molecule has 1 aromatic heterocycles. The number of hydrogen-bond donors (Lipinski definition) is 3. The first-order valence-electron chi connectivity index (χ1n) is 6.76. The van der Waals surface area contributed by atoms with Crippen LogP contribution in [0.1, 0.15) is 11.5 Å². The fraction of sp³-hybridized carbons (Fsp3) is 0.0625.